The number of para-hydroxylation sites is 2. The largest absolute Gasteiger partial charge is 0.322 e. The summed E-state index contributed by atoms with van der Waals surface area (Å²) in [7, 11) is 0. The Hall–Kier alpha value is -1.88. The molecule has 140 valence electrons. The second-order valence-corrected chi connectivity index (χ2v) is 8.58. The lowest BCUT2D eigenvalue weighted by Gasteiger charge is -2.45. The molecule has 2 fully saturated rings. The number of nitrogens with one attached hydrogen (secondary N) is 1. The first-order valence-corrected chi connectivity index (χ1v) is 9.95. The second-order valence-electron chi connectivity index (χ2n) is 8.58. The van der Waals surface area contributed by atoms with E-state index in [4.69, 9.17) is 0 Å². The Labute approximate surface area is 155 Å². The predicted molar refractivity (Wildman–Crippen MR) is 103 cm³/mol. The van der Waals surface area contributed by atoms with Crippen molar-refractivity contribution >= 4 is 23.2 Å². The molecule has 0 aromatic heterocycles. The van der Waals surface area contributed by atoms with Crippen LogP contribution in [0.3, 0.4) is 0 Å². The van der Waals surface area contributed by atoms with Crippen LogP contribution >= 0.6 is 0 Å². The van der Waals surface area contributed by atoms with Gasteiger partial charge in [-0.05, 0) is 43.2 Å². The Morgan fingerprint density at radius 3 is 2.50 bits per heavy atom. The second kappa shape index (κ2) is 6.69. The van der Waals surface area contributed by atoms with Gasteiger partial charge in [0, 0.05) is 13.1 Å². The highest BCUT2D eigenvalue weighted by Crippen LogP contribution is 2.45. The van der Waals surface area contributed by atoms with Crippen LogP contribution in [0.15, 0.2) is 24.3 Å². The van der Waals surface area contributed by atoms with Crippen molar-refractivity contribution in [3.05, 3.63) is 24.3 Å². The third kappa shape index (κ3) is 2.92. The molecule has 2 atom stereocenters. The van der Waals surface area contributed by atoms with Crippen molar-refractivity contribution in [3.63, 3.8) is 0 Å². The topological polar surface area (TPSA) is 52.7 Å². The maximum Gasteiger partial charge on any atom is 0.250 e. The van der Waals surface area contributed by atoms with Crippen molar-refractivity contribution in [1.29, 1.82) is 0 Å². The average molecular weight is 355 g/mol. The molecule has 0 bridgehead atoms. The number of hydrogen-bond donors (Lipinski definition) is 1. The molecule has 1 saturated heterocycles. The van der Waals surface area contributed by atoms with E-state index in [0.717, 1.165) is 50.1 Å². The van der Waals surface area contributed by atoms with Crippen LogP contribution in [0.25, 0.3) is 0 Å². The van der Waals surface area contributed by atoms with Crippen LogP contribution in [-0.2, 0) is 9.59 Å². The molecule has 1 aromatic carbocycles. The van der Waals surface area contributed by atoms with Gasteiger partial charge in [-0.1, -0.05) is 38.8 Å². The number of piperidine rings is 1. The number of anilines is 2. The van der Waals surface area contributed by atoms with E-state index in [9.17, 15) is 9.59 Å². The van der Waals surface area contributed by atoms with E-state index in [-0.39, 0.29) is 11.8 Å². The summed E-state index contributed by atoms with van der Waals surface area (Å²) in [5.74, 6) is 1.28. The number of nitrogens with zero attached hydrogens (tertiary/aromatic N) is 2. The molecule has 4 rings (SSSR count). The van der Waals surface area contributed by atoms with E-state index >= 15 is 0 Å². The highest BCUT2D eigenvalue weighted by Gasteiger charge is 2.52. The van der Waals surface area contributed by atoms with Crippen LogP contribution in [0.4, 0.5) is 11.4 Å². The fourth-order valence-electron chi connectivity index (χ4n) is 5.31. The van der Waals surface area contributed by atoms with Gasteiger partial charge in [-0.25, -0.2) is 0 Å². The van der Waals surface area contributed by atoms with E-state index < -0.39 is 5.54 Å². The molecule has 2 amide bonds. The van der Waals surface area contributed by atoms with Crippen LogP contribution in [0, 0.1) is 11.8 Å². The minimum atomic E-state index is -0.696. The number of fused-ring (bicyclic) bond motifs is 1. The first kappa shape index (κ1) is 17.5. The standard InChI is InChI=1S/C21H29N3O2/c1-15-11-16(2)13-23(12-15)14-19(25)24-18-8-4-3-7-17(18)22-20(26)21(24)9-5-6-10-21/h3-4,7-8,15-16H,5-6,9-14H2,1-2H3,(H,22,26)/t15-,16-/m0/s1. The molecule has 1 aliphatic carbocycles. The Balaban J connectivity index is 1.65. The van der Waals surface area contributed by atoms with Gasteiger partial charge < -0.3 is 5.32 Å². The molecule has 2 heterocycles. The first-order chi connectivity index (χ1) is 12.5. The molecule has 1 saturated carbocycles. The smallest absolute Gasteiger partial charge is 0.250 e. The summed E-state index contributed by atoms with van der Waals surface area (Å²) < 4.78 is 0. The predicted octanol–water partition coefficient (Wildman–Crippen LogP) is 3.26. The van der Waals surface area contributed by atoms with Crippen LogP contribution in [0.2, 0.25) is 0 Å². The average Bonchev–Trinajstić information content (AvgIpc) is 3.05. The van der Waals surface area contributed by atoms with Gasteiger partial charge >= 0.3 is 0 Å². The fourth-order valence-corrected chi connectivity index (χ4v) is 5.31. The van der Waals surface area contributed by atoms with Gasteiger partial charge in [0.05, 0.1) is 17.9 Å². The Morgan fingerprint density at radius 2 is 1.81 bits per heavy atom. The van der Waals surface area contributed by atoms with Crippen LogP contribution in [0.1, 0.15) is 46.0 Å². The molecular formula is C21H29N3O2. The van der Waals surface area contributed by atoms with Crippen molar-refractivity contribution in [2.24, 2.45) is 11.8 Å². The molecule has 1 aromatic rings. The van der Waals surface area contributed by atoms with Gasteiger partial charge in [0.2, 0.25) is 5.91 Å². The minimum absolute atomic E-state index is 0.0116. The van der Waals surface area contributed by atoms with Gasteiger partial charge in [0.25, 0.3) is 5.91 Å². The SMILES string of the molecule is C[C@H]1C[C@H](C)CN(CC(=O)N2c3ccccc3NC(=O)C23CCCC3)C1. The number of carbonyl (C=O) groups is 2. The van der Waals surface area contributed by atoms with Crippen molar-refractivity contribution in [1.82, 2.24) is 4.90 Å². The zero-order valence-corrected chi connectivity index (χ0v) is 15.8. The lowest BCUT2D eigenvalue weighted by atomic mass is 9.89. The van der Waals surface area contributed by atoms with E-state index in [1.165, 1.54) is 6.42 Å². The summed E-state index contributed by atoms with van der Waals surface area (Å²) in [6.07, 6.45) is 4.73. The first-order valence-electron chi connectivity index (χ1n) is 9.95. The molecule has 0 unspecified atom stereocenters. The molecule has 5 nitrogen and oxygen atoms in total. The number of rotatable bonds is 2. The lowest BCUT2D eigenvalue weighted by molar-refractivity contribution is -0.128. The molecule has 1 spiro atoms. The summed E-state index contributed by atoms with van der Waals surface area (Å²) in [6, 6.07) is 7.71. The van der Waals surface area contributed by atoms with Crippen molar-refractivity contribution < 1.29 is 9.59 Å². The maximum atomic E-state index is 13.5. The van der Waals surface area contributed by atoms with Gasteiger partial charge in [0.15, 0.2) is 0 Å². The third-order valence-electron chi connectivity index (χ3n) is 6.23. The van der Waals surface area contributed by atoms with Gasteiger partial charge in [0.1, 0.15) is 5.54 Å². The molecular weight excluding hydrogens is 326 g/mol. The number of benzene rings is 1. The fraction of sp³-hybridized carbons (Fsp3) is 0.619. The van der Waals surface area contributed by atoms with E-state index in [0.29, 0.717) is 18.4 Å². The summed E-state index contributed by atoms with van der Waals surface area (Å²) in [6.45, 7) is 6.85. The number of hydrogen-bond acceptors (Lipinski definition) is 3. The molecule has 2 aliphatic heterocycles. The van der Waals surface area contributed by atoms with Crippen molar-refractivity contribution in [3.8, 4) is 0 Å². The third-order valence-corrected chi connectivity index (χ3v) is 6.23. The normalized spacial score (nSPS) is 28.1. The number of carbonyl (C=O) groups excluding carboxylic acids is 2. The number of amides is 2. The Kier molecular flexibility index (Phi) is 4.51. The Bertz CT molecular complexity index is 701. The molecule has 0 radical (unpaired) electrons. The monoisotopic (exact) mass is 355 g/mol. The van der Waals surface area contributed by atoms with Crippen molar-refractivity contribution in [2.75, 3.05) is 29.9 Å². The van der Waals surface area contributed by atoms with Crippen LogP contribution < -0.4 is 10.2 Å². The molecule has 5 heteroatoms. The van der Waals surface area contributed by atoms with Gasteiger partial charge in [-0.2, -0.15) is 0 Å². The quantitative estimate of drug-likeness (QED) is 0.886. The lowest BCUT2D eigenvalue weighted by Crippen LogP contribution is -2.62. The zero-order valence-electron chi connectivity index (χ0n) is 15.8. The van der Waals surface area contributed by atoms with E-state index in [1.807, 2.05) is 29.2 Å². The highest BCUT2D eigenvalue weighted by atomic mass is 16.2. The highest BCUT2D eigenvalue weighted by molar-refractivity contribution is 6.15. The molecule has 26 heavy (non-hydrogen) atoms. The van der Waals surface area contributed by atoms with E-state index in [2.05, 4.69) is 24.1 Å². The van der Waals surface area contributed by atoms with E-state index in [1.54, 1.807) is 0 Å². The summed E-state index contributed by atoms with van der Waals surface area (Å²) in [5.41, 5.74) is 0.916. The summed E-state index contributed by atoms with van der Waals surface area (Å²) in [5, 5.41) is 3.05. The van der Waals surface area contributed by atoms with Crippen molar-refractivity contribution in [2.45, 2.75) is 51.5 Å². The van der Waals surface area contributed by atoms with Gasteiger partial charge in [-0.3, -0.25) is 19.4 Å². The summed E-state index contributed by atoms with van der Waals surface area (Å²) >= 11 is 0. The van der Waals surface area contributed by atoms with Crippen LogP contribution in [0.5, 0.6) is 0 Å². The van der Waals surface area contributed by atoms with Gasteiger partial charge in [-0.15, -0.1) is 0 Å². The minimum Gasteiger partial charge on any atom is -0.322 e. The zero-order chi connectivity index (χ0) is 18.3. The molecule has 1 N–H and O–H groups in total. The Morgan fingerprint density at radius 1 is 1.15 bits per heavy atom. The molecule has 3 aliphatic rings. The number of likely N-dealkylation sites (tertiary alicyclic amines) is 1. The van der Waals surface area contributed by atoms with Crippen LogP contribution in [-0.4, -0.2) is 41.9 Å². The maximum absolute atomic E-state index is 13.5. The summed E-state index contributed by atoms with van der Waals surface area (Å²) in [4.78, 5) is 30.5.